The quantitative estimate of drug-likeness (QED) is 0.169. The summed E-state index contributed by atoms with van der Waals surface area (Å²) in [6.07, 6.45) is 18.6. The Bertz CT molecular complexity index is 364. The lowest BCUT2D eigenvalue weighted by Gasteiger charge is -2.30. The largest absolute Gasteiger partial charge is 0.433 e. The van der Waals surface area contributed by atoms with Crippen LogP contribution < -0.4 is 0 Å². The minimum absolute atomic E-state index is 0.0888. The van der Waals surface area contributed by atoms with Gasteiger partial charge < -0.3 is 9.47 Å². The Morgan fingerprint density at radius 1 is 0.885 bits per heavy atom. The van der Waals surface area contributed by atoms with Crippen molar-refractivity contribution >= 4 is 13.2 Å². The smallest absolute Gasteiger partial charge is 0.308 e. The third-order valence-electron chi connectivity index (χ3n) is 5.82. The standard InChI is InChI=1S/C22H44O3P/c1-5-9-17-26(18-10-6-2,19-11-7-3)20-13-12-15-22(24-8-4)16-14-21(23)25-22/h5-20H2,1-4H3/q+1. The molecule has 0 bridgehead atoms. The summed E-state index contributed by atoms with van der Waals surface area (Å²) in [5.74, 6) is -0.697. The van der Waals surface area contributed by atoms with E-state index in [1.165, 1.54) is 69.6 Å². The summed E-state index contributed by atoms with van der Waals surface area (Å²) in [4.78, 5) is 11.6. The molecule has 0 aliphatic carbocycles. The van der Waals surface area contributed by atoms with Gasteiger partial charge in [-0.25, -0.2) is 0 Å². The minimum Gasteiger partial charge on any atom is -0.433 e. The SMILES string of the molecule is CCCC[P+](CCCC)(CCCC)CCCCC1(OCC)CCC(=O)O1. The lowest BCUT2D eigenvalue weighted by molar-refractivity contribution is -0.213. The van der Waals surface area contributed by atoms with Crippen molar-refractivity contribution in [2.24, 2.45) is 0 Å². The molecule has 0 aromatic carbocycles. The van der Waals surface area contributed by atoms with Crippen molar-refractivity contribution in [2.45, 2.75) is 104 Å². The number of ether oxygens (including phenoxy) is 2. The fraction of sp³-hybridized carbons (Fsp3) is 0.955. The third kappa shape index (κ3) is 8.26. The highest BCUT2D eigenvalue weighted by Gasteiger charge is 2.41. The second-order valence-electron chi connectivity index (χ2n) is 8.07. The van der Waals surface area contributed by atoms with Gasteiger partial charge in [0.15, 0.2) is 0 Å². The van der Waals surface area contributed by atoms with Gasteiger partial charge in [0, 0.05) is 26.7 Å². The van der Waals surface area contributed by atoms with Crippen LogP contribution in [-0.4, -0.2) is 43.0 Å². The molecule has 1 aliphatic heterocycles. The average molecular weight is 388 g/mol. The first-order valence-electron chi connectivity index (χ1n) is 11.3. The Morgan fingerprint density at radius 3 is 1.85 bits per heavy atom. The van der Waals surface area contributed by atoms with Crippen LogP contribution in [0.1, 0.15) is 98.3 Å². The van der Waals surface area contributed by atoms with Gasteiger partial charge >= 0.3 is 5.97 Å². The second-order valence-corrected chi connectivity index (χ2v) is 12.5. The highest BCUT2D eigenvalue weighted by Crippen LogP contribution is 2.61. The van der Waals surface area contributed by atoms with Gasteiger partial charge in [-0.05, 0) is 39.0 Å². The highest BCUT2D eigenvalue weighted by molar-refractivity contribution is 7.75. The van der Waals surface area contributed by atoms with Crippen LogP contribution in [-0.2, 0) is 14.3 Å². The van der Waals surface area contributed by atoms with Crippen LogP contribution in [0.15, 0.2) is 0 Å². The number of carbonyl (C=O) groups excluding carboxylic acids is 1. The molecule has 0 radical (unpaired) electrons. The number of unbranched alkanes of at least 4 members (excludes halogenated alkanes) is 4. The van der Waals surface area contributed by atoms with E-state index >= 15 is 0 Å². The van der Waals surface area contributed by atoms with Gasteiger partial charge in [-0.1, -0.05) is 40.0 Å². The fourth-order valence-corrected chi connectivity index (χ4v) is 9.41. The molecule has 0 saturated carbocycles. The minimum atomic E-state index is -0.805. The van der Waals surface area contributed by atoms with E-state index in [-0.39, 0.29) is 5.97 Å². The zero-order valence-electron chi connectivity index (χ0n) is 18.0. The monoisotopic (exact) mass is 387 g/mol. The normalized spacial score (nSPS) is 20.5. The Kier molecular flexibility index (Phi) is 12.0. The maximum atomic E-state index is 11.6. The summed E-state index contributed by atoms with van der Waals surface area (Å²) >= 11 is 0. The Morgan fingerprint density at radius 2 is 1.42 bits per heavy atom. The zero-order chi connectivity index (χ0) is 19.3. The van der Waals surface area contributed by atoms with Crippen molar-refractivity contribution in [3.8, 4) is 0 Å². The van der Waals surface area contributed by atoms with Crippen molar-refractivity contribution in [2.75, 3.05) is 31.3 Å². The molecule has 0 N–H and O–H groups in total. The number of hydrogen-bond acceptors (Lipinski definition) is 3. The maximum Gasteiger partial charge on any atom is 0.308 e. The van der Waals surface area contributed by atoms with Crippen LogP contribution >= 0.6 is 7.26 Å². The molecule has 1 fully saturated rings. The average Bonchev–Trinajstić information content (AvgIpc) is 3.01. The Hall–Kier alpha value is -0.140. The third-order valence-corrected chi connectivity index (χ3v) is 10.9. The number of rotatable bonds is 16. The van der Waals surface area contributed by atoms with E-state index < -0.39 is 13.0 Å². The molecule has 3 nitrogen and oxygen atoms in total. The van der Waals surface area contributed by atoms with Gasteiger partial charge in [0.05, 0.1) is 31.1 Å². The fourth-order valence-electron chi connectivity index (χ4n) is 4.21. The van der Waals surface area contributed by atoms with Gasteiger partial charge in [0.2, 0.25) is 5.79 Å². The Labute approximate surface area is 163 Å². The summed E-state index contributed by atoms with van der Waals surface area (Å²) in [6, 6.07) is 0. The lowest BCUT2D eigenvalue weighted by Crippen LogP contribution is -2.32. The molecule has 1 rings (SSSR count). The van der Waals surface area contributed by atoms with E-state index in [1.807, 2.05) is 6.92 Å². The molecule has 0 aromatic rings. The van der Waals surface area contributed by atoms with E-state index in [0.29, 0.717) is 13.0 Å². The van der Waals surface area contributed by atoms with Crippen LogP contribution in [0, 0.1) is 0 Å². The number of esters is 1. The summed E-state index contributed by atoms with van der Waals surface area (Å²) in [5.41, 5.74) is 0. The van der Waals surface area contributed by atoms with E-state index in [1.54, 1.807) is 0 Å². The molecule has 1 heterocycles. The number of cyclic esters (lactones) is 1. The van der Waals surface area contributed by atoms with E-state index in [9.17, 15) is 4.79 Å². The van der Waals surface area contributed by atoms with Crippen LogP contribution in [0.2, 0.25) is 0 Å². The van der Waals surface area contributed by atoms with Gasteiger partial charge in [-0.15, -0.1) is 0 Å². The van der Waals surface area contributed by atoms with Gasteiger partial charge in [0.25, 0.3) is 0 Å². The molecule has 4 heteroatoms. The molecule has 26 heavy (non-hydrogen) atoms. The van der Waals surface area contributed by atoms with Crippen molar-refractivity contribution in [3.05, 3.63) is 0 Å². The van der Waals surface area contributed by atoms with Crippen molar-refractivity contribution in [1.82, 2.24) is 0 Å². The first-order chi connectivity index (χ1) is 12.6. The molecule has 1 unspecified atom stereocenters. The van der Waals surface area contributed by atoms with Crippen LogP contribution in [0.3, 0.4) is 0 Å². The van der Waals surface area contributed by atoms with E-state index in [0.717, 1.165) is 19.3 Å². The molecule has 154 valence electrons. The van der Waals surface area contributed by atoms with E-state index in [2.05, 4.69) is 20.8 Å². The lowest BCUT2D eigenvalue weighted by atomic mass is 10.1. The molecule has 1 aliphatic rings. The Balaban J connectivity index is 2.58. The van der Waals surface area contributed by atoms with Crippen LogP contribution in [0.5, 0.6) is 0 Å². The van der Waals surface area contributed by atoms with E-state index in [4.69, 9.17) is 9.47 Å². The van der Waals surface area contributed by atoms with Gasteiger partial charge in [0.1, 0.15) is 0 Å². The molecule has 1 atom stereocenters. The summed E-state index contributed by atoms with van der Waals surface area (Å²) < 4.78 is 11.4. The topological polar surface area (TPSA) is 35.5 Å². The molecule has 1 saturated heterocycles. The maximum absolute atomic E-state index is 11.6. The van der Waals surface area contributed by atoms with Crippen molar-refractivity contribution < 1.29 is 14.3 Å². The molecule has 0 aromatic heterocycles. The predicted octanol–water partition coefficient (Wildman–Crippen LogP) is 6.64. The van der Waals surface area contributed by atoms with Crippen LogP contribution in [0.4, 0.5) is 0 Å². The first-order valence-corrected chi connectivity index (χ1v) is 13.8. The zero-order valence-corrected chi connectivity index (χ0v) is 18.9. The summed E-state index contributed by atoms with van der Waals surface area (Å²) in [6.45, 7) is 9.59. The predicted molar refractivity (Wildman–Crippen MR) is 115 cm³/mol. The van der Waals surface area contributed by atoms with Gasteiger partial charge in [-0.2, -0.15) is 0 Å². The summed E-state index contributed by atoms with van der Waals surface area (Å²) in [5, 5.41) is 0. The molecular formula is C22H44O3P+. The molecule has 0 spiro atoms. The van der Waals surface area contributed by atoms with Gasteiger partial charge in [-0.3, -0.25) is 4.79 Å². The molecular weight excluding hydrogens is 343 g/mol. The van der Waals surface area contributed by atoms with Crippen molar-refractivity contribution in [1.29, 1.82) is 0 Å². The second kappa shape index (κ2) is 13.1. The van der Waals surface area contributed by atoms with Crippen molar-refractivity contribution in [3.63, 3.8) is 0 Å². The number of carbonyl (C=O) groups is 1. The summed E-state index contributed by atoms with van der Waals surface area (Å²) in [7, 11) is -0.805. The molecule has 0 amide bonds. The van der Waals surface area contributed by atoms with Crippen LogP contribution in [0.25, 0.3) is 0 Å². The highest BCUT2D eigenvalue weighted by atomic mass is 31.2. The number of hydrogen-bond donors (Lipinski definition) is 0. The first kappa shape index (κ1) is 23.9.